The summed E-state index contributed by atoms with van der Waals surface area (Å²) in [4.78, 5) is 28.0. The predicted octanol–water partition coefficient (Wildman–Crippen LogP) is 2.51. The molecule has 2 saturated heterocycles. The van der Waals surface area contributed by atoms with E-state index in [1.807, 2.05) is 28.5 Å². The number of amides is 2. The molecule has 120 valence electrons. The predicted molar refractivity (Wildman–Crippen MR) is 84.7 cm³/mol. The smallest absolute Gasteiger partial charge is 0.320 e. The maximum Gasteiger partial charge on any atom is 0.320 e. The zero-order chi connectivity index (χ0) is 15.5. The third-order valence-corrected chi connectivity index (χ3v) is 5.98. The minimum atomic E-state index is -0.695. The Morgan fingerprint density at radius 1 is 1.29 bits per heavy atom. The number of aliphatic carboxylic acids is 1. The van der Waals surface area contributed by atoms with Crippen molar-refractivity contribution in [2.24, 2.45) is 5.41 Å². The van der Waals surface area contributed by atoms with Crippen molar-refractivity contribution in [3.05, 3.63) is 0 Å². The van der Waals surface area contributed by atoms with Gasteiger partial charge < -0.3 is 14.9 Å². The van der Waals surface area contributed by atoms with Gasteiger partial charge in [-0.15, -0.1) is 0 Å². The second-order valence-electron chi connectivity index (χ2n) is 6.22. The average Bonchev–Trinajstić information content (AvgIpc) is 2.48. The molecule has 21 heavy (non-hydrogen) atoms. The van der Waals surface area contributed by atoms with Crippen LogP contribution in [0.4, 0.5) is 4.79 Å². The van der Waals surface area contributed by atoms with Gasteiger partial charge in [-0.25, -0.2) is 4.79 Å². The fraction of sp³-hybridized carbons (Fsp3) is 0.867. The van der Waals surface area contributed by atoms with Crippen LogP contribution < -0.4 is 0 Å². The Morgan fingerprint density at radius 3 is 2.48 bits per heavy atom. The van der Waals surface area contributed by atoms with E-state index in [0.29, 0.717) is 32.4 Å². The second-order valence-corrected chi connectivity index (χ2v) is 7.37. The van der Waals surface area contributed by atoms with Crippen LogP contribution in [0, 0.1) is 5.41 Å². The van der Waals surface area contributed by atoms with E-state index < -0.39 is 11.4 Å². The third kappa shape index (κ3) is 3.47. The number of hydrogen-bond donors (Lipinski definition) is 1. The first-order valence-corrected chi connectivity index (χ1v) is 9.02. The lowest BCUT2D eigenvalue weighted by Crippen LogP contribution is -2.54. The van der Waals surface area contributed by atoms with Crippen molar-refractivity contribution in [2.45, 2.75) is 45.6 Å². The minimum absolute atomic E-state index is 0.0956. The van der Waals surface area contributed by atoms with E-state index in [9.17, 15) is 14.7 Å². The quantitative estimate of drug-likeness (QED) is 0.869. The number of hydrogen-bond acceptors (Lipinski definition) is 3. The summed E-state index contributed by atoms with van der Waals surface area (Å²) in [6, 6.07) is 0.372. The number of carbonyl (C=O) groups excluding carboxylic acids is 1. The van der Waals surface area contributed by atoms with Crippen LogP contribution in [0.25, 0.3) is 0 Å². The molecule has 2 aliphatic rings. The Bertz CT molecular complexity index is 394. The van der Waals surface area contributed by atoms with E-state index in [4.69, 9.17) is 0 Å². The molecule has 2 rings (SSSR count). The molecule has 0 radical (unpaired) electrons. The van der Waals surface area contributed by atoms with Crippen molar-refractivity contribution >= 4 is 23.8 Å². The Hall–Kier alpha value is -0.910. The monoisotopic (exact) mass is 314 g/mol. The van der Waals surface area contributed by atoms with Crippen LogP contribution in [0.15, 0.2) is 0 Å². The maximum absolute atomic E-state index is 12.6. The van der Waals surface area contributed by atoms with Gasteiger partial charge in [0.2, 0.25) is 0 Å². The lowest BCUT2D eigenvalue weighted by molar-refractivity contribution is -0.152. The summed E-state index contributed by atoms with van der Waals surface area (Å²) >= 11 is 1.89. The molecule has 0 aromatic heterocycles. The molecular weight excluding hydrogens is 288 g/mol. The van der Waals surface area contributed by atoms with E-state index in [1.54, 1.807) is 0 Å². The van der Waals surface area contributed by atoms with Gasteiger partial charge in [0.25, 0.3) is 0 Å². The van der Waals surface area contributed by atoms with Gasteiger partial charge in [-0.2, -0.15) is 11.8 Å². The highest BCUT2D eigenvalue weighted by molar-refractivity contribution is 7.99. The van der Waals surface area contributed by atoms with Gasteiger partial charge in [-0.3, -0.25) is 4.79 Å². The summed E-state index contributed by atoms with van der Waals surface area (Å²) in [5, 5.41) is 9.52. The molecule has 5 nitrogen and oxygen atoms in total. The fourth-order valence-electron chi connectivity index (χ4n) is 3.37. The molecule has 1 N–H and O–H groups in total. The summed E-state index contributed by atoms with van der Waals surface area (Å²) in [6.07, 6.45) is 2.75. The molecule has 0 spiro atoms. The van der Waals surface area contributed by atoms with E-state index in [1.165, 1.54) is 0 Å². The number of carbonyl (C=O) groups is 2. The molecule has 6 heteroatoms. The van der Waals surface area contributed by atoms with Gasteiger partial charge in [0, 0.05) is 37.2 Å². The van der Waals surface area contributed by atoms with Gasteiger partial charge in [-0.05, 0) is 26.2 Å². The van der Waals surface area contributed by atoms with Gasteiger partial charge in [-0.1, -0.05) is 13.3 Å². The number of urea groups is 1. The van der Waals surface area contributed by atoms with Crippen molar-refractivity contribution in [2.75, 3.05) is 31.1 Å². The molecular formula is C15H26N2O3S. The lowest BCUT2D eigenvalue weighted by atomic mass is 9.75. The maximum atomic E-state index is 12.6. The molecule has 0 aromatic carbocycles. The first kappa shape index (κ1) is 16.5. The number of nitrogens with zero attached hydrogens (tertiary/aromatic N) is 2. The lowest BCUT2D eigenvalue weighted by Gasteiger charge is -2.42. The largest absolute Gasteiger partial charge is 0.481 e. The SMILES string of the molecule is CCCC1(C(=O)O)CCN(C(=O)N2CCSCC2C)CC1. The zero-order valence-corrected chi connectivity index (χ0v) is 13.8. The fourth-order valence-corrected chi connectivity index (χ4v) is 4.38. The summed E-state index contributed by atoms with van der Waals surface area (Å²) in [5.74, 6) is 1.30. The summed E-state index contributed by atoms with van der Waals surface area (Å²) < 4.78 is 0. The van der Waals surface area contributed by atoms with Crippen molar-refractivity contribution in [1.82, 2.24) is 9.80 Å². The van der Waals surface area contributed by atoms with E-state index >= 15 is 0 Å². The van der Waals surface area contributed by atoms with Crippen molar-refractivity contribution in [3.8, 4) is 0 Å². The van der Waals surface area contributed by atoms with Crippen LogP contribution in [0.5, 0.6) is 0 Å². The summed E-state index contributed by atoms with van der Waals surface area (Å²) in [7, 11) is 0. The first-order valence-electron chi connectivity index (χ1n) is 7.87. The third-order valence-electron chi connectivity index (χ3n) is 4.79. The van der Waals surface area contributed by atoms with Crippen LogP contribution in [-0.2, 0) is 4.79 Å². The Morgan fingerprint density at radius 2 is 1.95 bits per heavy atom. The normalized spacial score (nSPS) is 25.7. The average molecular weight is 314 g/mol. The van der Waals surface area contributed by atoms with E-state index in [-0.39, 0.29) is 12.1 Å². The van der Waals surface area contributed by atoms with Crippen LogP contribution in [0.1, 0.15) is 39.5 Å². The van der Waals surface area contributed by atoms with E-state index in [2.05, 4.69) is 6.92 Å². The Balaban J connectivity index is 1.96. The highest BCUT2D eigenvalue weighted by Gasteiger charge is 2.42. The second kappa shape index (κ2) is 6.90. The van der Waals surface area contributed by atoms with E-state index in [0.717, 1.165) is 24.5 Å². The molecule has 2 fully saturated rings. The number of thioether (sulfide) groups is 1. The Kier molecular flexibility index (Phi) is 5.41. The summed E-state index contributed by atoms with van der Waals surface area (Å²) in [6.45, 7) is 6.06. The molecule has 1 atom stereocenters. The molecule has 2 heterocycles. The van der Waals surface area contributed by atoms with Crippen molar-refractivity contribution < 1.29 is 14.7 Å². The first-order chi connectivity index (χ1) is 10.00. The number of carboxylic acids is 1. The van der Waals surface area contributed by atoms with Gasteiger partial charge in [0.1, 0.15) is 0 Å². The van der Waals surface area contributed by atoms with Crippen LogP contribution in [0.2, 0.25) is 0 Å². The van der Waals surface area contributed by atoms with Gasteiger partial charge in [0.15, 0.2) is 0 Å². The van der Waals surface area contributed by atoms with Crippen molar-refractivity contribution in [1.29, 1.82) is 0 Å². The van der Waals surface area contributed by atoms with Crippen LogP contribution >= 0.6 is 11.8 Å². The number of rotatable bonds is 3. The highest BCUT2D eigenvalue weighted by atomic mass is 32.2. The number of likely N-dealkylation sites (tertiary alicyclic amines) is 1. The molecule has 2 aliphatic heterocycles. The van der Waals surface area contributed by atoms with Gasteiger partial charge in [0.05, 0.1) is 5.41 Å². The van der Waals surface area contributed by atoms with Crippen molar-refractivity contribution in [3.63, 3.8) is 0 Å². The molecule has 0 saturated carbocycles. The number of piperidine rings is 1. The van der Waals surface area contributed by atoms with Gasteiger partial charge >= 0.3 is 12.0 Å². The highest BCUT2D eigenvalue weighted by Crippen LogP contribution is 2.37. The standard InChI is InChI=1S/C15H26N2O3S/c1-3-4-15(13(18)19)5-7-16(8-6-15)14(20)17-9-10-21-11-12(17)2/h12H,3-11H2,1-2H3,(H,18,19). The molecule has 0 aromatic rings. The van der Waals surface area contributed by atoms with Crippen LogP contribution in [0.3, 0.4) is 0 Å². The van der Waals surface area contributed by atoms with Crippen LogP contribution in [-0.4, -0.2) is 64.1 Å². The molecule has 2 amide bonds. The number of carboxylic acid groups (broad SMARTS) is 1. The molecule has 1 unspecified atom stereocenters. The zero-order valence-electron chi connectivity index (χ0n) is 13.0. The molecule has 0 bridgehead atoms. The molecule has 0 aliphatic carbocycles. The summed E-state index contributed by atoms with van der Waals surface area (Å²) in [5.41, 5.74) is -0.616. The topological polar surface area (TPSA) is 60.9 Å². The minimum Gasteiger partial charge on any atom is -0.481 e. The Labute approximate surface area is 131 Å².